The number of likely N-dealkylation sites (tertiary alicyclic amines) is 1. The lowest BCUT2D eigenvalue weighted by atomic mass is 9.88. The lowest BCUT2D eigenvalue weighted by Crippen LogP contribution is -2.54. The number of nitrogens with one attached hydrogen (secondary N) is 1. The van der Waals surface area contributed by atoms with Crippen LogP contribution < -0.4 is 11.1 Å². The van der Waals surface area contributed by atoms with Gasteiger partial charge in [0.2, 0.25) is 5.91 Å². The number of carbonyl (C=O) groups is 3. The molecule has 10 nitrogen and oxygen atoms in total. The third-order valence-electron chi connectivity index (χ3n) is 8.18. The van der Waals surface area contributed by atoms with Crippen LogP contribution in [0.2, 0.25) is 18.1 Å². The van der Waals surface area contributed by atoms with Crippen LogP contribution in [0.15, 0.2) is 29.8 Å². The molecule has 1 saturated heterocycles. The first-order valence-electron chi connectivity index (χ1n) is 14.2. The molecule has 2 aromatic rings. The van der Waals surface area contributed by atoms with Crippen molar-refractivity contribution >= 4 is 37.6 Å². The van der Waals surface area contributed by atoms with E-state index in [1.165, 1.54) is 4.90 Å². The van der Waals surface area contributed by atoms with E-state index in [-0.39, 0.29) is 30.7 Å². The second-order valence-corrected chi connectivity index (χ2v) is 19.2. The molecule has 1 aromatic heterocycles. The summed E-state index contributed by atoms with van der Waals surface area (Å²) in [7, 11) is -2.23. The van der Waals surface area contributed by atoms with Crippen molar-refractivity contribution in [2.24, 2.45) is 11.1 Å². The van der Waals surface area contributed by atoms with Gasteiger partial charge in [-0.3, -0.25) is 9.59 Å². The first-order valence-corrected chi connectivity index (χ1v) is 18.0. The maximum atomic E-state index is 13.9. The van der Waals surface area contributed by atoms with Gasteiger partial charge in [-0.25, -0.2) is 9.78 Å². The molecule has 2 heterocycles. The molecule has 4 N–H and O–H groups in total. The molecule has 1 aliphatic heterocycles. The van der Waals surface area contributed by atoms with Gasteiger partial charge >= 0.3 is 6.09 Å². The van der Waals surface area contributed by atoms with Gasteiger partial charge in [0.05, 0.1) is 34.8 Å². The summed E-state index contributed by atoms with van der Waals surface area (Å²) in [5.41, 5.74) is 9.02. The summed E-state index contributed by atoms with van der Waals surface area (Å²) in [5.74, 6) is -0.926. The Hall–Kier alpha value is -2.80. The largest absolute Gasteiger partial charge is 0.436 e. The molecule has 42 heavy (non-hydrogen) atoms. The second kappa shape index (κ2) is 12.8. The summed E-state index contributed by atoms with van der Waals surface area (Å²) in [6.07, 6.45) is -2.35. The minimum absolute atomic E-state index is 0.0724. The number of aryl methyl sites for hydroxylation is 1. The Labute approximate surface area is 254 Å². The van der Waals surface area contributed by atoms with E-state index in [1.807, 2.05) is 31.2 Å². The quantitative estimate of drug-likeness (QED) is 0.344. The lowest BCUT2D eigenvalue weighted by molar-refractivity contribution is -0.150. The lowest BCUT2D eigenvalue weighted by Gasteiger charge is -2.38. The van der Waals surface area contributed by atoms with Crippen LogP contribution >= 0.6 is 11.3 Å². The number of hydrogen-bond donors (Lipinski definition) is 3. The Morgan fingerprint density at radius 3 is 2.26 bits per heavy atom. The van der Waals surface area contributed by atoms with Crippen LogP contribution in [0.3, 0.4) is 0 Å². The predicted molar refractivity (Wildman–Crippen MR) is 166 cm³/mol. The Bertz CT molecular complexity index is 1270. The molecule has 12 heteroatoms. The number of aliphatic hydroxyl groups excluding tert-OH is 1. The summed E-state index contributed by atoms with van der Waals surface area (Å²) >= 11 is 1.55. The highest BCUT2D eigenvalue weighted by molar-refractivity contribution is 7.13. The highest BCUT2D eigenvalue weighted by Crippen LogP contribution is 2.39. The van der Waals surface area contributed by atoms with Crippen molar-refractivity contribution in [1.29, 1.82) is 0 Å². The van der Waals surface area contributed by atoms with Gasteiger partial charge in [-0.2, -0.15) is 0 Å². The highest BCUT2D eigenvalue weighted by atomic mass is 32.1. The zero-order valence-electron chi connectivity index (χ0n) is 26.2. The van der Waals surface area contributed by atoms with E-state index in [1.54, 1.807) is 37.6 Å². The summed E-state index contributed by atoms with van der Waals surface area (Å²) in [6, 6.07) is 6.04. The minimum atomic E-state index is -2.23. The van der Waals surface area contributed by atoms with E-state index in [4.69, 9.17) is 14.9 Å². The number of benzene rings is 1. The van der Waals surface area contributed by atoms with Crippen LogP contribution in [-0.4, -0.2) is 72.6 Å². The van der Waals surface area contributed by atoms with E-state index in [9.17, 15) is 19.5 Å². The van der Waals surface area contributed by atoms with E-state index >= 15 is 0 Å². The van der Waals surface area contributed by atoms with Gasteiger partial charge in [-0.05, 0) is 36.2 Å². The summed E-state index contributed by atoms with van der Waals surface area (Å²) in [4.78, 5) is 46.2. The van der Waals surface area contributed by atoms with Crippen molar-refractivity contribution < 1.29 is 28.7 Å². The molecule has 1 unspecified atom stereocenters. The van der Waals surface area contributed by atoms with Gasteiger partial charge in [0.25, 0.3) is 5.91 Å². The Kier molecular flexibility index (Phi) is 10.3. The average molecular weight is 619 g/mol. The van der Waals surface area contributed by atoms with Gasteiger partial charge in [0, 0.05) is 18.4 Å². The standard InChI is InChI=1S/C30H46N4O6SSi/c1-18-24(41-17-32-18)20-12-10-19(11-13-20)22(16-35)33-26(36)23-14-21(40-42(8,9)30(5,6)7)15-34(23)27(37)25(29(2,3)4)39-28(31)38/h10-13,17,21-23,25,35H,14-16H2,1-9H3,(H2,31,38)(H,33,36)/t21-,22+,23+,25?/m1/s1. The molecular formula is C30H46N4O6SSi. The number of amides is 3. The van der Waals surface area contributed by atoms with Gasteiger partial charge in [0.15, 0.2) is 14.4 Å². The van der Waals surface area contributed by atoms with Crippen molar-refractivity contribution in [1.82, 2.24) is 15.2 Å². The zero-order chi connectivity index (χ0) is 31.6. The fourth-order valence-electron chi connectivity index (χ4n) is 4.78. The van der Waals surface area contributed by atoms with E-state index < -0.39 is 49.8 Å². The van der Waals surface area contributed by atoms with E-state index in [2.05, 4.69) is 44.2 Å². The zero-order valence-corrected chi connectivity index (χ0v) is 28.0. The number of rotatable bonds is 9. The molecule has 0 bridgehead atoms. The van der Waals surface area contributed by atoms with Crippen LogP contribution in [0.1, 0.15) is 65.3 Å². The minimum Gasteiger partial charge on any atom is -0.436 e. The molecule has 1 fully saturated rings. The fourth-order valence-corrected chi connectivity index (χ4v) is 6.95. The summed E-state index contributed by atoms with van der Waals surface area (Å²) < 4.78 is 11.9. The number of ether oxygens (including phenoxy) is 1. The summed E-state index contributed by atoms with van der Waals surface area (Å²) in [5, 5.41) is 13.1. The third kappa shape index (κ3) is 7.77. The van der Waals surface area contributed by atoms with E-state index in [0.29, 0.717) is 0 Å². The number of primary amides is 1. The van der Waals surface area contributed by atoms with Gasteiger partial charge < -0.3 is 30.2 Å². The van der Waals surface area contributed by atoms with Crippen LogP contribution in [0, 0.1) is 12.3 Å². The van der Waals surface area contributed by atoms with Crippen molar-refractivity contribution in [3.8, 4) is 10.4 Å². The van der Waals surface area contributed by atoms with Crippen molar-refractivity contribution in [3.05, 3.63) is 41.0 Å². The number of carbonyl (C=O) groups excluding carboxylic acids is 3. The average Bonchev–Trinajstić information content (AvgIpc) is 3.50. The molecule has 232 valence electrons. The van der Waals surface area contributed by atoms with Crippen molar-refractivity contribution in [2.75, 3.05) is 13.2 Å². The number of aromatic nitrogens is 1. The first kappa shape index (κ1) is 33.7. The van der Waals surface area contributed by atoms with Gasteiger partial charge in [0.1, 0.15) is 6.04 Å². The number of nitrogens with two attached hydrogens (primary N) is 1. The Morgan fingerprint density at radius 2 is 1.79 bits per heavy atom. The Balaban J connectivity index is 1.88. The maximum Gasteiger partial charge on any atom is 0.405 e. The molecule has 1 aromatic carbocycles. The highest BCUT2D eigenvalue weighted by Gasteiger charge is 2.49. The number of thiazole rings is 1. The number of aliphatic hydroxyl groups is 1. The van der Waals surface area contributed by atoms with Crippen LogP contribution in [0.5, 0.6) is 0 Å². The normalized spacial score (nSPS) is 19.3. The monoisotopic (exact) mass is 618 g/mol. The Morgan fingerprint density at radius 1 is 1.17 bits per heavy atom. The molecule has 4 atom stereocenters. The molecule has 3 rings (SSSR count). The number of hydrogen-bond acceptors (Lipinski definition) is 8. The summed E-state index contributed by atoms with van der Waals surface area (Å²) in [6.45, 7) is 17.7. The molecule has 1 aliphatic rings. The molecule has 3 amide bonds. The maximum absolute atomic E-state index is 13.9. The molecular weight excluding hydrogens is 573 g/mol. The van der Waals surface area contributed by atoms with Gasteiger partial charge in [-0.1, -0.05) is 65.8 Å². The van der Waals surface area contributed by atoms with Crippen molar-refractivity contribution in [2.45, 2.75) is 97.3 Å². The van der Waals surface area contributed by atoms with E-state index in [0.717, 1.165) is 21.7 Å². The molecule has 0 radical (unpaired) electrons. The smallest absolute Gasteiger partial charge is 0.405 e. The molecule has 0 aliphatic carbocycles. The third-order valence-corrected chi connectivity index (χ3v) is 13.7. The predicted octanol–water partition coefficient (Wildman–Crippen LogP) is 4.77. The van der Waals surface area contributed by atoms with Gasteiger partial charge in [-0.15, -0.1) is 11.3 Å². The fraction of sp³-hybridized carbons (Fsp3) is 0.600. The van der Waals surface area contributed by atoms with Crippen LogP contribution in [-0.2, 0) is 18.8 Å². The molecule has 0 spiro atoms. The topological polar surface area (TPSA) is 144 Å². The van der Waals surface area contributed by atoms with Crippen LogP contribution in [0.4, 0.5) is 4.79 Å². The number of nitrogens with zero attached hydrogens (tertiary/aromatic N) is 2. The van der Waals surface area contributed by atoms with Crippen LogP contribution in [0.25, 0.3) is 10.4 Å². The first-order chi connectivity index (χ1) is 19.4. The van der Waals surface area contributed by atoms with Crippen molar-refractivity contribution in [3.63, 3.8) is 0 Å². The second-order valence-electron chi connectivity index (χ2n) is 13.6. The SMILES string of the molecule is Cc1ncsc1-c1ccc([C@H](CO)NC(=O)[C@@H]2C[C@@H](O[Si](C)(C)C(C)(C)C)CN2C(=O)C(OC(N)=O)C(C)(C)C)cc1. The molecule has 0 saturated carbocycles.